The molecular weight excluding hydrogens is 271 g/mol. The second-order valence-electron chi connectivity index (χ2n) is 5.44. The molecule has 1 aliphatic heterocycles. The summed E-state index contributed by atoms with van der Waals surface area (Å²) >= 11 is 0. The maximum atomic E-state index is 12.8. The number of nitrogens with one attached hydrogen (secondary N) is 1. The van der Waals surface area contributed by atoms with Crippen LogP contribution in [0.5, 0.6) is 0 Å². The Morgan fingerprint density at radius 3 is 2.76 bits per heavy atom. The van der Waals surface area contributed by atoms with Gasteiger partial charge in [-0.3, -0.25) is 9.59 Å². The van der Waals surface area contributed by atoms with E-state index >= 15 is 0 Å². The Morgan fingerprint density at radius 1 is 1.38 bits per heavy atom. The number of amides is 2. The number of carbonyl (C=O) groups excluding carboxylic acids is 2. The number of halogens is 1. The molecule has 0 bridgehead atoms. The first-order chi connectivity index (χ1) is 10.1. The van der Waals surface area contributed by atoms with Gasteiger partial charge in [0.2, 0.25) is 11.8 Å². The standard InChI is InChI=1S/C16H21FN2O2/c1-2-3-8-19-11-13(9-15(19)20)16(21)18-10-12-4-6-14(17)7-5-12/h4-7,13H,2-3,8-11H2,1H3,(H,18,21)/t13-/m1/s1. The van der Waals surface area contributed by atoms with E-state index in [9.17, 15) is 14.0 Å². The minimum absolute atomic E-state index is 0.0605. The summed E-state index contributed by atoms with van der Waals surface area (Å²) in [5.41, 5.74) is 0.844. The van der Waals surface area contributed by atoms with E-state index in [-0.39, 0.29) is 23.5 Å². The van der Waals surface area contributed by atoms with Crippen LogP contribution in [0.3, 0.4) is 0 Å². The van der Waals surface area contributed by atoms with Crippen LogP contribution in [0.4, 0.5) is 4.39 Å². The van der Waals surface area contributed by atoms with Gasteiger partial charge in [0.25, 0.3) is 0 Å². The smallest absolute Gasteiger partial charge is 0.225 e. The normalized spacial score (nSPS) is 18.1. The summed E-state index contributed by atoms with van der Waals surface area (Å²) in [5.74, 6) is -0.607. The van der Waals surface area contributed by atoms with Gasteiger partial charge in [-0.2, -0.15) is 0 Å². The molecule has 0 saturated carbocycles. The number of hydrogen-bond acceptors (Lipinski definition) is 2. The summed E-state index contributed by atoms with van der Waals surface area (Å²) in [6.45, 7) is 3.68. The molecule has 1 heterocycles. The van der Waals surface area contributed by atoms with Gasteiger partial charge in [-0.15, -0.1) is 0 Å². The molecule has 0 aliphatic carbocycles. The van der Waals surface area contributed by atoms with Gasteiger partial charge >= 0.3 is 0 Å². The molecule has 5 heteroatoms. The SMILES string of the molecule is CCCCN1C[C@H](C(=O)NCc2ccc(F)cc2)CC1=O. The van der Waals surface area contributed by atoms with Crippen LogP contribution in [-0.2, 0) is 16.1 Å². The van der Waals surface area contributed by atoms with Crippen LogP contribution >= 0.6 is 0 Å². The monoisotopic (exact) mass is 292 g/mol. The van der Waals surface area contributed by atoms with E-state index < -0.39 is 0 Å². The summed E-state index contributed by atoms with van der Waals surface area (Å²) in [6, 6.07) is 6.02. The third kappa shape index (κ3) is 4.28. The number of rotatable bonds is 6. The lowest BCUT2D eigenvalue weighted by atomic mass is 10.1. The molecule has 114 valence electrons. The number of hydrogen-bond donors (Lipinski definition) is 1. The van der Waals surface area contributed by atoms with Crippen molar-refractivity contribution in [3.63, 3.8) is 0 Å². The Bertz CT molecular complexity index is 502. The van der Waals surface area contributed by atoms with Gasteiger partial charge in [0.15, 0.2) is 0 Å². The molecule has 0 spiro atoms. The molecule has 1 N–H and O–H groups in total. The van der Waals surface area contributed by atoms with E-state index in [1.807, 2.05) is 0 Å². The second-order valence-corrected chi connectivity index (χ2v) is 5.44. The minimum atomic E-state index is -0.293. The molecule has 0 radical (unpaired) electrons. The van der Waals surface area contributed by atoms with Crippen molar-refractivity contribution in [2.24, 2.45) is 5.92 Å². The zero-order valence-electron chi connectivity index (χ0n) is 12.3. The Kier molecular flexibility index (Phi) is 5.31. The van der Waals surface area contributed by atoms with Crippen molar-refractivity contribution in [1.82, 2.24) is 10.2 Å². The molecule has 0 aromatic heterocycles. The van der Waals surface area contributed by atoms with Gasteiger partial charge in [-0.05, 0) is 24.1 Å². The van der Waals surface area contributed by atoms with E-state index in [0.29, 0.717) is 19.5 Å². The maximum Gasteiger partial charge on any atom is 0.225 e. The zero-order chi connectivity index (χ0) is 15.2. The molecule has 1 aromatic rings. The molecule has 1 aliphatic rings. The van der Waals surface area contributed by atoms with E-state index in [0.717, 1.165) is 24.9 Å². The van der Waals surface area contributed by atoms with Crippen LogP contribution < -0.4 is 5.32 Å². The minimum Gasteiger partial charge on any atom is -0.352 e. The molecule has 1 saturated heterocycles. The molecule has 21 heavy (non-hydrogen) atoms. The third-order valence-electron chi connectivity index (χ3n) is 3.75. The molecule has 2 rings (SSSR count). The third-order valence-corrected chi connectivity index (χ3v) is 3.75. The molecule has 2 amide bonds. The lowest BCUT2D eigenvalue weighted by molar-refractivity contribution is -0.129. The summed E-state index contributed by atoms with van der Waals surface area (Å²) in [5, 5.41) is 2.82. The van der Waals surface area contributed by atoms with Crippen molar-refractivity contribution in [3.8, 4) is 0 Å². The first-order valence-corrected chi connectivity index (χ1v) is 7.40. The molecule has 0 unspecified atom stereocenters. The van der Waals surface area contributed by atoms with Gasteiger partial charge in [-0.1, -0.05) is 25.5 Å². The van der Waals surface area contributed by atoms with Gasteiger partial charge in [0.1, 0.15) is 5.82 Å². The number of likely N-dealkylation sites (tertiary alicyclic amines) is 1. The predicted molar refractivity (Wildman–Crippen MR) is 77.8 cm³/mol. The van der Waals surface area contributed by atoms with Crippen LogP contribution in [-0.4, -0.2) is 29.8 Å². The topological polar surface area (TPSA) is 49.4 Å². The summed E-state index contributed by atoms with van der Waals surface area (Å²) in [7, 11) is 0. The van der Waals surface area contributed by atoms with Gasteiger partial charge in [0, 0.05) is 26.1 Å². The van der Waals surface area contributed by atoms with Gasteiger partial charge in [-0.25, -0.2) is 4.39 Å². The average Bonchev–Trinajstić information content (AvgIpc) is 2.85. The number of nitrogens with zero attached hydrogens (tertiary/aromatic N) is 1. The van der Waals surface area contributed by atoms with Crippen molar-refractivity contribution in [3.05, 3.63) is 35.6 Å². The van der Waals surface area contributed by atoms with Crippen LogP contribution in [0.15, 0.2) is 24.3 Å². The fourth-order valence-electron chi connectivity index (χ4n) is 2.45. The molecular formula is C16H21FN2O2. The summed E-state index contributed by atoms with van der Waals surface area (Å²) in [6.07, 6.45) is 2.29. The van der Waals surface area contributed by atoms with Gasteiger partial charge < -0.3 is 10.2 Å². The van der Waals surface area contributed by atoms with E-state index in [1.165, 1.54) is 12.1 Å². The highest BCUT2D eigenvalue weighted by Crippen LogP contribution is 2.18. The lowest BCUT2D eigenvalue weighted by Crippen LogP contribution is -2.32. The average molecular weight is 292 g/mol. The fourth-order valence-corrected chi connectivity index (χ4v) is 2.45. The van der Waals surface area contributed by atoms with Crippen molar-refractivity contribution in [1.29, 1.82) is 0 Å². The van der Waals surface area contributed by atoms with E-state index in [2.05, 4.69) is 12.2 Å². The quantitative estimate of drug-likeness (QED) is 0.873. The highest BCUT2D eigenvalue weighted by atomic mass is 19.1. The zero-order valence-corrected chi connectivity index (χ0v) is 12.3. The largest absolute Gasteiger partial charge is 0.352 e. The molecule has 1 fully saturated rings. The molecule has 1 atom stereocenters. The first kappa shape index (κ1) is 15.5. The van der Waals surface area contributed by atoms with Crippen molar-refractivity contribution >= 4 is 11.8 Å². The predicted octanol–water partition coefficient (Wildman–Crippen LogP) is 2.09. The number of unbranched alkanes of at least 4 members (excludes halogenated alkanes) is 1. The van der Waals surface area contributed by atoms with Crippen molar-refractivity contribution < 1.29 is 14.0 Å². The molecule has 1 aromatic carbocycles. The highest BCUT2D eigenvalue weighted by molar-refractivity contribution is 5.89. The van der Waals surface area contributed by atoms with E-state index in [1.54, 1.807) is 17.0 Å². The van der Waals surface area contributed by atoms with Crippen LogP contribution in [0, 0.1) is 11.7 Å². The van der Waals surface area contributed by atoms with Crippen LogP contribution in [0.2, 0.25) is 0 Å². The lowest BCUT2D eigenvalue weighted by Gasteiger charge is -2.16. The first-order valence-electron chi connectivity index (χ1n) is 7.40. The van der Waals surface area contributed by atoms with Crippen LogP contribution in [0.25, 0.3) is 0 Å². The van der Waals surface area contributed by atoms with E-state index in [4.69, 9.17) is 0 Å². The second kappa shape index (κ2) is 7.20. The Hall–Kier alpha value is -1.91. The van der Waals surface area contributed by atoms with Crippen molar-refractivity contribution in [2.45, 2.75) is 32.7 Å². The Labute approximate surface area is 124 Å². The summed E-state index contributed by atoms with van der Waals surface area (Å²) < 4.78 is 12.8. The fraction of sp³-hybridized carbons (Fsp3) is 0.500. The molecule has 4 nitrogen and oxygen atoms in total. The number of carbonyl (C=O) groups is 2. The summed E-state index contributed by atoms with van der Waals surface area (Å²) in [4.78, 5) is 25.7. The van der Waals surface area contributed by atoms with Gasteiger partial charge in [0.05, 0.1) is 5.92 Å². The number of benzene rings is 1. The Balaban J connectivity index is 1.81. The maximum absolute atomic E-state index is 12.8. The Morgan fingerprint density at radius 2 is 2.10 bits per heavy atom. The highest BCUT2D eigenvalue weighted by Gasteiger charge is 2.33. The van der Waals surface area contributed by atoms with Crippen LogP contribution in [0.1, 0.15) is 31.7 Å². The van der Waals surface area contributed by atoms with Crippen molar-refractivity contribution in [2.75, 3.05) is 13.1 Å².